The van der Waals surface area contributed by atoms with E-state index in [0.717, 1.165) is 103 Å². The maximum absolute atomic E-state index is 12.9. The Kier molecular flexibility index (Phi) is 60.8. The number of carbonyl (C=O) groups is 3. The quantitative estimate of drug-likeness (QED) is 0.0261. The maximum Gasteiger partial charge on any atom is 0.306 e. The van der Waals surface area contributed by atoms with Gasteiger partial charge in [0.25, 0.3) is 0 Å². The summed E-state index contributed by atoms with van der Waals surface area (Å²) >= 11 is 0. The number of ether oxygens (including phenoxy) is 3. The molecule has 0 saturated carbocycles. The predicted octanol–water partition coefficient (Wildman–Crippen LogP) is 22.0. The zero-order valence-electron chi connectivity index (χ0n) is 50.2. The molecule has 0 aromatic carbocycles. The number of esters is 3. The molecule has 0 amide bonds. The Morgan fingerprint density at radius 3 is 0.896 bits per heavy atom. The van der Waals surface area contributed by atoms with Gasteiger partial charge in [0, 0.05) is 19.3 Å². The maximum atomic E-state index is 12.9. The Bertz CT molecular complexity index is 1600. The molecule has 0 unspecified atom stereocenters. The van der Waals surface area contributed by atoms with Crippen LogP contribution in [0, 0.1) is 0 Å². The topological polar surface area (TPSA) is 78.9 Å². The first-order chi connectivity index (χ1) is 38.0. The normalized spacial score (nSPS) is 12.9. The summed E-state index contributed by atoms with van der Waals surface area (Å²) in [4.78, 5) is 38.3. The largest absolute Gasteiger partial charge is 0.462 e. The van der Waals surface area contributed by atoms with Gasteiger partial charge in [0.05, 0.1) is 0 Å². The van der Waals surface area contributed by atoms with Crippen molar-refractivity contribution in [2.24, 2.45) is 0 Å². The number of hydrogen-bond donors (Lipinski definition) is 0. The van der Waals surface area contributed by atoms with Gasteiger partial charge in [0.2, 0.25) is 0 Å². The molecule has 1 atom stereocenters. The summed E-state index contributed by atoms with van der Waals surface area (Å²) in [6, 6.07) is 0. The van der Waals surface area contributed by atoms with Gasteiger partial charge in [0.1, 0.15) is 13.2 Å². The summed E-state index contributed by atoms with van der Waals surface area (Å²) in [7, 11) is 0. The molecular weight excluding hydrogens is 949 g/mol. The lowest BCUT2D eigenvalue weighted by atomic mass is 10.0. The van der Waals surface area contributed by atoms with Crippen molar-refractivity contribution in [1.82, 2.24) is 0 Å². The Balaban J connectivity index is 4.53. The van der Waals surface area contributed by atoms with E-state index in [1.807, 2.05) is 6.08 Å². The van der Waals surface area contributed by atoms with Gasteiger partial charge in [-0.15, -0.1) is 0 Å². The van der Waals surface area contributed by atoms with Crippen LogP contribution in [0.25, 0.3) is 0 Å². The highest BCUT2D eigenvalue weighted by Gasteiger charge is 2.19. The van der Waals surface area contributed by atoms with Crippen molar-refractivity contribution in [2.75, 3.05) is 13.2 Å². The van der Waals surface area contributed by atoms with Crippen molar-refractivity contribution in [3.63, 3.8) is 0 Å². The van der Waals surface area contributed by atoms with Crippen LogP contribution in [0.2, 0.25) is 0 Å². The van der Waals surface area contributed by atoms with Crippen LogP contribution in [0.4, 0.5) is 0 Å². The monoisotopic (exact) mass is 1070 g/mol. The molecule has 0 aromatic rings. The van der Waals surface area contributed by atoms with Crippen molar-refractivity contribution in [2.45, 2.75) is 297 Å². The van der Waals surface area contributed by atoms with Gasteiger partial charge in [-0.1, -0.05) is 290 Å². The standard InChI is InChI=1S/C71H118O6/c1-4-7-10-13-16-19-22-25-28-31-34-35-38-41-44-47-50-53-56-59-62-65-71(74)77-68(66-75-69(72)63-60-57-54-51-48-45-42-39-36-32-29-26-23-20-17-14-11-8-5-2)67-76-70(73)64-61-58-55-52-49-46-43-40-37-33-30-27-24-21-18-15-12-9-6-3/h8,11,17-18,20-21,26-27,29-30,36-37,39-40,45-46,48-49,55,58,68H,4-7,9-10,12-16,19,22-25,28,31-35,38,41-44,47,50-54,56-57,59-67H2,1-3H3/b11-8-,20-17-,21-18-,29-26-,30-27-,39-36-,40-37-,48-45-,49-46-,58-55-/t68-/m1/s1. The van der Waals surface area contributed by atoms with E-state index in [-0.39, 0.29) is 37.5 Å². The van der Waals surface area contributed by atoms with Crippen molar-refractivity contribution >= 4 is 17.9 Å². The lowest BCUT2D eigenvalue weighted by molar-refractivity contribution is -0.166. The minimum Gasteiger partial charge on any atom is -0.462 e. The van der Waals surface area contributed by atoms with E-state index in [2.05, 4.69) is 136 Å². The van der Waals surface area contributed by atoms with Crippen LogP contribution in [0.15, 0.2) is 122 Å². The Labute approximate surface area is 475 Å². The lowest BCUT2D eigenvalue weighted by Gasteiger charge is -2.18. The molecule has 0 radical (unpaired) electrons. The van der Waals surface area contributed by atoms with Crippen LogP contribution in [0.1, 0.15) is 290 Å². The van der Waals surface area contributed by atoms with Gasteiger partial charge in [-0.3, -0.25) is 14.4 Å². The molecule has 6 nitrogen and oxygen atoms in total. The van der Waals surface area contributed by atoms with E-state index in [9.17, 15) is 14.4 Å². The molecular formula is C71H118O6. The van der Waals surface area contributed by atoms with E-state index >= 15 is 0 Å². The lowest BCUT2D eigenvalue weighted by Crippen LogP contribution is -2.30. The number of allylic oxidation sites excluding steroid dienone is 20. The van der Waals surface area contributed by atoms with Crippen LogP contribution in [-0.4, -0.2) is 37.2 Å². The highest BCUT2D eigenvalue weighted by atomic mass is 16.6. The van der Waals surface area contributed by atoms with E-state index in [4.69, 9.17) is 14.2 Å². The molecule has 0 heterocycles. The first kappa shape index (κ1) is 72.8. The molecule has 0 aliphatic carbocycles. The third-order valence-electron chi connectivity index (χ3n) is 13.5. The predicted molar refractivity (Wildman–Crippen MR) is 334 cm³/mol. The number of rotatable bonds is 57. The Morgan fingerprint density at radius 1 is 0.273 bits per heavy atom. The van der Waals surface area contributed by atoms with E-state index in [1.54, 1.807) is 0 Å². The van der Waals surface area contributed by atoms with E-state index in [1.165, 1.54) is 141 Å². The molecule has 438 valence electrons. The molecule has 0 N–H and O–H groups in total. The summed E-state index contributed by atoms with van der Waals surface area (Å²) in [6.07, 6.45) is 89.3. The van der Waals surface area contributed by atoms with E-state index < -0.39 is 6.10 Å². The van der Waals surface area contributed by atoms with Gasteiger partial charge in [-0.2, -0.15) is 0 Å². The van der Waals surface area contributed by atoms with Gasteiger partial charge < -0.3 is 14.2 Å². The van der Waals surface area contributed by atoms with Crippen LogP contribution < -0.4 is 0 Å². The molecule has 6 heteroatoms. The fraction of sp³-hybridized carbons (Fsp3) is 0.676. The SMILES string of the molecule is CC/C=C\C/C=C\C/C=C\C/C=C\C/C=C\CCCCCC(=O)OC[C@H](COC(=O)CC/C=C\C/C=C\C/C=C\C/C=C\C/C=C\CCCCC)OC(=O)CCCCCCCCCCCCCCCCCCCCCCC. The van der Waals surface area contributed by atoms with Crippen molar-refractivity contribution in [3.05, 3.63) is 122 Å². The van der Waals surface area contributed by atoms with Gasteiger partial charge in [-0.05, 0) is 103 Å². The Hall–Kier alpha value is -4.19. The highest BCUT2D eigenvalue weighted by Crippen LogP contribution is 2.16. The summed E-state index contributed by atoms with van der Waals surface area (Å²) < 4.78 is 16.8. The highest BCUT2D eigenvalue weighted by molar-refractivity contribution is 5.71. The summed E-state index contributed by atoms with van der Waals surface area (Å²) in [6.45, 7) is 6.43. The fourth-order valence-corrected chi connectivity index (χ4v) is 8.69. The first-order valence-corrected chi connectivity index (χ1v) is 32.0. The minimum atomic E-state index is -0.825. The molecule has 77 heavy (non-hydrogen) atoms. The van der Waals surface area contributed by atoms with Gasteiger partial charge in [-0.25, -0.2) is 0 Å². The van der Waals surface area contributed by atoms with Crippen molar-refractivity contribution in [3.8, 4) is 0 Å². The first-order valence-electron chi connectivity index (χ1n) is 32.0. The number of carbonyl (C=O) groups excluding carboxylic acids is 3. The molecule has 0 saturated heterocycles. The van der Waals surface area contributed by atoms with Crippen molar-refractivity contribution in [1.29, 1.82) is 0 Å². The van der Waals surface area contributed by atoms with E-state index in [0.29, 0.717) is 19.3 Å². The average Bonchev–Trinajstić information content (AvgIpc) is 3.43. The third-order valence-corrected chi connectivity index (χ3v) is 13.5. The zero-order valence-corrected chi connectivity index (χ0v) is 50.2. The fourth-order valence-electron chi connectivity index (χ4n) is 8.69. The zero-order chi connectivity index (χ0) is 55.7. The van der Waals surface area contributed by atoms with Gasteiger partial charge >= 0.3 is 17.9 Å². The molecule has 0 spiro atoms. The van der Waals surface area contributed by atoms with Crippen LogP contribution in [0.3, 0.4) is 0 Å². The molecule has 0 bridgehead atoms. The van der Waals surface area contributed by atoms with Crippen LogP contribution in [-0.2, 0) is 28.6 Å². The smallest absolute Gasteiger partial charge is 0.306 e. The second kappa shape index (κ2) is 64.3. The molecule has 0 fully saturated rings. The number of hydrogen-bond acceptors (Lipinski definition) is 6. The second-order valence-corrected chi connectivity index (χ2v) is 20.9. The number of unbranched alkanes of at least 4 members (excludes halogenated alkanes) is 26. The molecule has 0 aliphatic rings. The molecule has 0 rings (SSSR count). The average molecular weight is 1070 g/mol. The van der Waals surface area contributed by atoms with Gasteiger partial charge in [0.15, 0.2) is 6.10 Å². The summed E-state index contributed by atoms with van der Waals surface area (Å²) in [5.74, 6) is -1.03. The molecule has 0 aliphatic heterocycles. The Morgan fingerprint density at radius 2 is 0.532 bits per heavy atom. The summed E-state index contributed by atoms with van der Waals surface area (Å²) in [5, 5.41) is 0. The molecule has 0 aromatic heterocycles. The van der Waals surface area contributed by atoms with Crippen molar-refractivity contribution < 1.29 is 28.6 Å². The minimum absolute atomic E-state index is 0.119. The summed E-state index contributed by atoms with van der Waals surface area (Å²) in [5.41, 5.74) is 0. The second-order valence-electron chi connectivity index (χ2n) is 20.9. The van der Waals surface area contributed by atoms with Crippen LogP contribution >= 0.6 is 0 Å². The third kappa shape index (κ3) is 62.5. The van der Waals surface area contributed by atoms with Crippen LogP contribution in [0.5, 0.6) is 0 Å².